The number of H-pyrrole nitrogens is 1. The van der Waals surface area contributed by atoms with Crippen LogP contribution in [0.4, 0.5) is 0 Å². The van der Waals surface area contributed by atoms with Crippen molar-refractivity contribution in [3.8, 4) is 0 Å². The van der Waals surface area contributed by atoms with Crippen molar-refractivity contribution < 1.29 is 14.7 Å². The van der Waals surface area contributed by atoms with Gasteiger partial charge in [-0.25, -0.2) is 0 Å². The van der Waals surface area contributed by atoms with E-state index in [0.717, 1.165) is 0 Å². The summed E-state index contributed by atoms with van der Waals surface area (Å²) in [5.74, 6) is -1.15. The van der Waals surface area contributed by atoms with E-state index < -0.39 is 21.7 Å². The molecule has 1 aromatic carbocycles. The van der Waals surface area contributed by atoms with Crippen LogP contribution in [-0.4, -0.2) is 41.6 Å². The van der Waals surface area contributed by atoms with Gasteiger partial charge in [0.2, 0.25) is 0 Å². The minimum atomic E-state index is -1.15. The molecule has 0 aliphatic carbocycles. The van der Waals surface area contributed by atoms with Gasteiger partial charge in [0.15, 0.2) is 0 Å². The topological polar surface area (TPSA) is 83.0 Å². The average molecular weight is 404 g/mol. The third-order valence-corrected chi connectivity index (χ3v) is 6.06. The molecule has 0 saturated carbocycles. The Morgan fingerprint density at radius 1 is 1.37 bits per heavy atom. The number of nitrogens with one attached hydrogen (secondary N) is 1. The number of hydrogen-bond acceptors (Lipinski definition) is 3. The van der Waals surface area contributed by atoms with Gasteiger partial charge in [0.1, 0.15) is 0 Å². The monoisotopic (exact) mass is 403 g/mol. The molecule has 0 bridgehead atoms. The Labute approximate surface area is 128 Å². The summed E-state index contributed by atoms with van der Waals surface area (Å²) in [6, 6.07) is 6.75. The molecule has 2 aromatic rings. The summed E-state index contributed by atoms with van der Waals surface area (Å²) in [6.45, 7) is 0. The molecule has 0 aliphatic heterocycles. The van der Waals surface area contributed by atoms with Crippen molar-refractivity contribution in [1.82, 2.24) is 10.2 Å². The van der Waals surface area contributed by atoms with E-state index >= 15 is 0 Å². The van der Waals surface area contributed by atoms with Crippen molar-refractivity contribution in [2.45, 2.75) is 0 Å². The molecule has 1 aromatic heterocycles. The predicted octanol–water partition coefficient (Wildman–Crippen LogP) is 1.69. The van der Waals surface area contributed by atoms with Crippen molar-refractivity contribution >= 4 is 58.3 Å². The van der Waals surface area contributed by atoms with Gasteiger partial charge < -0.3 is 0 Å². The van der Waals surface area contributed by atoms with Gasteiger partial charge in [0, 0.05) is 0 Å². The third kappa shape index (κ3) is 3.08. The number of carboxylic acids is 1. The number of halogens is 2. The standard InChI is InChI=1S/C11H6AsBrClN2O3/c13-7-8(11(18)19)15-16-9(7)12-10(17)5-3-1-2-4-6(5)14/h1-4H,(H,15,16)(H,18,19). The second-order valence-corrected chi connectivity index (χ2v) is 6.90. The number of aromatic carboxylic acids is 1. The number of aromatic nitrogens is 2. The van der Waals surface area contributed by atoms with Gasteiger partial charge in [0.05, 0.1) is 0 Å². The minimum absolute atomic E-state index is 0.122. The Morgan fingerprint density at radius 2 is 2.05 bits per heavy atom. The van der Waals surface area contributed by atoms with E-state index in [9.17, 15) is 9.59 Å². The van der Waals surface area contributed by atoms with Crippen molar-refractivity contribution in [2.75, 3.05) is 0 Å². The summed E-state index contributed by atoms with van der Waals surface area (Å²) < 4.78 is 0.696. The fraction of sp³-hybridized carbons (Fsp3) is 0. The van der Waals surface area contributed by atoms with Crippen LogP contribution in [0.5, 0.6) is 0 Å². The number of hydrogen-bond donors (Lipinski definition) is 2. The number of rotatable bonds is 4. The first-order valence-corrected chi connectivity index (χ1v) is 8.03. The first kappa shape index (κ1) is 14.3. The quantitative estimate of drug-likeness (QED) is 0.760. The van der Waals surface area contributed by atoms with E-state index in [0.29, 0.717) is 19.5 Å². The summed E-state index contributed by atoms with van der Waals surface area (Å²) in [5, 5.41) is 15.5. The molecular formula is C11H6AsBrClN2O3. The van der Waals surface area contributed by atoms with Gasteiger partial charge in [-0.1, -0.05) is 0 Å². The van der Waals surface area contributed by atoms with Crippen LogP contribution in [0.25, 0.3) is 0 Å². The molecule has 1 heterocycles. The van der Waals surface area contributed by atoms with E-state index in [1.807, 2.05) is 0 Å². The Kier molecular flexibility index (Phi) is 4.45. The maximum atomic E-state index is 12.1. The van der Waals surface area contributed by atoms with E-state index in [1.54, 1.807) is 24.3 Å². The van der Waals surface area contributed by atoms with E-state index in [-0.39, 0.29) is 10.3 Å². The molecule has 8 heteroatoms. The van der Waals surface area contributed by atoms with Gasteiger partial charge in [-0.3, -0.25) is 0 Å². The molecule has 97 valence electrons. The van der Waals surface area contributed by atoms with Crippen LogP contribution in [0.3, 0.4) is 0 Å². The van der Waals surface area contributed by atoms with Crippen molar-refractivity contribution in [3.05, 3.63) is 45.0 Å². The number of benzene rings is 1. The first-order chi connectivity index (χ1) is 9.00. The fourth-order valence-electron chi connectivity index (χ4n) is 1.33. The Bertz CT molecular complexity index is 659. The van der Waals surface area contributed by atoms with E-state index in [2.05, 4.69) is 26.1 Å². The van der Waals surface area contributed by atoms with Gasteiger partial charge in [0.25, 0.3) is 0 Å². The summed E-state index contributed by atoms with van der Waals surface area (Å²) in [5.41, 5.74) is 0.305. The maximum absolute atomic E-state index is 12.1. The van der Waals surface area contributed by atoms with Crippen LogP contribution < -0.4 is 4.48 Å². The normalized spacial score (nSPS) is 11.1. The zero-order valence-corrected chi connectivity index (χ0v) is 13.4. The molecule has 0 saturated heterocycles. The zero-order valence-electron chi connectivity index (χ0n) is 9.22. The van der Waals surface area contributed by atoms with Crippen LogP contribution in [-0.2, 0) is 0 Å². The predicted molar refractivity (Wildman–Crippen MR) is 74.4 cm³/mol. The molecule has 0 aliphatic rings. The second-order valence-electron chi connectivity index (χ2n) is 3.44. The van der Waals surface area contributed by atoms with Gasteiger partial charge in [-0.15, -0.1) is 0 Å². The number of carbonyl (C=O) groups excluding carboxylic acids is 1. The number of carboxylic acid groups (broad SMARTS) is 1. The van der Waals surface area contributed by atoms with Crippen molar-refractivity contribution in [3.63, 3.8) is 0 Å². The summed E-state index contributed by atoms with van der Waals surface area (Å²) in [4.78, 5) is 22.9. The molecule has 0 unspecified atom stereocenters. The van der Waals surface area contributed by atoms with E-state index in [1.165, 1.54) is 0 Å². The molecule has 0 spiro atoms. The molecule has 0 amide bonds. The van der Waals surface area contributed by atoms with Crippen LogP contribution in [0.1, 0.15) is 20.8 Å². The fourth-order valence-corrected chi connectivity index (χ4v) is 4.23. The number of aromatic amines is 1. The molecule has 0 fully saturated rings. The third-order valence-electron chi connectivity index (χ3n) is 2.21. The number of carbonyl (C=O) groups is 2. The SMILES string of the molecule is O=C([As]c1[nH]nc(C(=O)O)c1Br)c1ccccc1Cl. The van der Waals surface area contributed by atoms with Crippen molar-refractivity contribution in [1.29, 1.82) is 0 Å². The molecular weight excluding hydrogens is 398 g/mol. The summed E-state index contributed by atoms with van der Waals surface area (Å²) >= 11 is 8.13. The van der Waals surface area contributed by atoms with Crippen LogP contribution >= 0.6 is 27.5 Å². The summed E-state index contributed by atoms with van der Waals surface area (Å²) in [6.07, 6.45) is 0. The second kappa shape index (κ2) is 5.90. The Hall–Kier alpha value is -1.10. The van der Waals surface area contributed by atoms with Crippen LogP contribution in [0.2, 0.25) is 5.02 Å². The zero-order chi connectivity index (χ0) is 14.0. The average Bonchev–Trinajstić information content (AvgIpc) is 2.71. The van der Waals surface area contributed by atoms with Gasteiger partial charge >= 0.3 is 128 Å². The van der Waals surface area contributed by atoms with Gasteiger partial charge in [-0.2, -0.15) is 0 Å². The molecule has 0 atom stereocenters. The Balaban J connectivity index is 2.25. The molecule has 2 N–H and O–H groups in total. The Morgan fingerprint density at radius 3 is 2.63 bits per heavy atom. The van der Waals surface area contributed by atoms with Crippen molar-refractivity contribution in [2.24, 2.45) is 0 Å². The van der Waals surface area contributed by atoms with E-state index in [4.69, 9.17) is 16.7 Å². The van der Waals surface area contributed by atoms with Crippen LogP contribution in [0, 0.1) is 0 Å². The molecule has 1 radical (unpaired) electrons. The number of nitrogens with zero attached hydrogens (tertiary/aromatic N) is 1. The first-order valence-electron chi connectivity index (χ1n) is 4.98. The molecule has 2 rings (SSSR count). The summed E-state index contributed by atoms with van der Waals surface area (Å²) in [7, 11) is 0. The van der Waals surface area contributed by atoms with Gasteiger partial charge in [-0.05, 0) is 0 Å². The van der Waals surface area contributed by atoms with Crippen LogP contribution in [0.15, 0.2) is 28.7 Å². The molecule has 19 heavy (non-hydrogen) atoms. The molecule has 5 nitrogen and oxygen atoms in total.